The second kappa shape index (κ2) is 9.60. The minimum Gasteiger partial charge on any atom is -0.481 e. The van der Waals surface area contributed by atoms with E-state index in [9.17, 15) is 4.79 Å². The second-order valence-corrected chi connectivity index (χ2v) is 8.11. The zero-order valence-corrected chi connectivity index (χ0v) is 17.4. The maximum Gasteiger partial charge on any atom is 0.251 e. The van der Waals surface area contributed by atoms with Crippen LogP contribution in [0.5, 0.6) is 11.8 Å². The minimum absolute atomic E-state index is 0.0599. The molecule has 1 aromatic carbocycles. The summed E-state index contributed by atoms with van der Waals surface area (Å²) in [6.45, 7) is 7.04. The molecule has 0 fully saturated rings. The molecule has 146 valence electrons. The van der Waals surface area contributed by atoms with Gasteiger partial charge in [0.05, 0.1) is 26.0 Å². The molecule has 0 atom stereocenters. The zero-order valence-electron chi connectivity index (χ0n) is 16.5. The van der Waals surface area contributed by atoms with Gasteiger partial charge >= 0.3 is 0 Å². The fourth-order valence-electron chi connectivity index (χ4n) is 2.35. The van der Waals surface area contributed by atoms with E-state index in [0.29, 0.717) is 35.4 Å². The molecule has 2 aromatic rings. The van der Waals surface area contributed by atoms with Crippen molar-refractivity contribution in [3.05, 3.63) is 47.3 Å². The highest BCUT2D eigenvalue weighted by molar-refractivity contribution is 7.98. The molecule has 1 amide bonds. The third-order valence-electron chi connectivity index (χ3n) is 3.92. The summed E-state index contributed by atoms with van der Waals surface area (Å²) >= 11 is 1.64. The topological polar surface area (TPSA) is 73.3 Å². The maximum absolute atomic E-state index is 12.2. The van der Waals surface area contributed by atoms with Crippen molar-refractivity contribution in [3.63, 3.8) is 0 Å². The molecule has 0 bridgehead atoms. The van der Waals surface area contributed by atoms with Crippen LogP contribution in [-0.4, -0.2) is 42.4 Å². The number of rotatable bonds is 8. The predicted molar refractivity (Wildman–Crippen MR) is 109 cm³/mol. The third kappa shape index (κ3) is 6.43. The number of amides is 1. The highest BCUT2D eigenvalue weighted by atomic mass is 32.2. The van der Waals surface area contributed by atoms with Crippen molar-refractivity contribution in [3.8, 4) is 11.8 Å². The van der Waals surface area contributed by atoms with Gasteiger partial charge in [0.2, 0.25) is 11.8 Å². The Morgan fingerprint density at radius 3 is 2.19 bits per heavy atom. The van der Waals surface area contributed by atoms with E-state index in [1.165, 1.54) is 5.56 Å². The smallest absolute Gasteiger partial charge is 0.251 e. The number of nitrogens with one attached hydrogen (secondary N) is 1. The van der Waals surface area contributed by atoms with Crippen LogP contribution in [0.15, 0.2) is 30.3 Å². The SMILES string of the molecule is COc1cc(OC)nc(CSCCNC(=O)c2ccc(C(C)(C)C)cc2)n1. The molecule has 1 N–H and O–H groups in total. The van der Waals surface area contributed by atoms with Gasteiger partial charge in [0.15, 0.2) is 0 Å². The number of ether oxygens (including phenoxy) is 2. The number of thioether (sulfide) groups is 1. The van der Waals surface area contributed by atoms with Crippen molar-refractivity contribution in [1.29, 1.82) is 0 Å². The van der Waals surface area contributed by atoms with Crippen LogP contribution in [-0.2, 0) is 11.2 Å². The lowest BCUT2D eigenvalue weighted by Gasteiger charge is -2.19. The van der Waals surface area contributed by atoms with Crippen LogP contribution in [0.4, 0.5) is 0 Å². The quantitative estimate of drug-likeness (QED) is 0.697. The van der Waals surface area contributed by atoms with E-state index < -0.39 is 0 Å². The molecule has 6 nitrogen and oxygen atoms in total. The monoisotopic (exact) mass is 389 g/mol. The van der Waals surface area contributed by atoms with Crippen molar-refractivity contribution >= 4 is 17.7 Å². The van der Waals surface area contributed by atoms with Crippen LogP contribution < -0.4 is 14.8 Å². The van der Waals surface area contributed by atoms with Gasteiger partial charge in [0.25, 0.3) is 5.91 Å². The lowest BCUT2D eigenvalue weighted by molar-refractivity contribution is 0.0956. The number of carbonyl (C=O) groups is 1. The summed E-state index contributed by atoms with van der Waals surface area (Å²) in [5.74, 6) is 2.91. The fraction of sp³-hybridized carbons (Fsp3) is 0.450. The molecule has 0 unspecified atom stereocenters. The number of carbonyl (C=O) groups excluding carboxylic acids is 1. The van der Waals surface area contributed by atoms with E-state index in [2.05, 4.69) is 36.1 Å². The summed E-state index contributed by atoms with van der Waals surface area (Å²) in [7, 11) is 3.12. The van der Waals surface area contributed by atoms with Gasteiger partial charge in [0, 0.05) is 17.9 Å². The Bertz CT molecular complexity index is 736. The van der Waals surface area contributed by atoms with E-state index in [1.54, 1.807) is 32.0 Å². The van der Waals surface area contributed by atoms with Crippen molar-refractivity contribution in [2.24, 2.45) is 0 Å². The molecule has 0 saturated heterocycles. The van der Waals surface area contributed by atoms with Crippen molar-refractivity contribution in [1.82, 2.24) is 15.3 Å². The Labute approximate surface area is 165 Å². The number of hydrogen-bond donors (Lipinski definition) is 1. The Morgan fingerprint density at radius 2 is 1.67 bits per heavy atom. The van der Waals surface area contributed by atoms with Crippen LogP contribution in [0.3, 0.4) is 0 Å². The maximum atomic E-state index is 12.2. The molecule has 0 radical (unpaired) electrons. The highest BCUT2D eigenvalue weighted by Crippen LogP contribution is 2.22. The first kappa shape index (κ1) is 21.0. The minimum atomic E-state index is -0.0599. The van der Waals surface area contributed by atoms with Gasteiger partial charge in [-0.25, -0.2) is 0 Å². The van der Waals surface area contributed by atoms with Crippen molar-refractivity contribution < 1.29 is 14.3 Å². The first-order chi connectivity index (χ1) is 12.8. The van der Waals surface area contributed by atoms with Gasteiger partial charge in [-0.05, 0) is 23.1 Å². The van der Waals surface area contributed by atoms with Gasteiger partial charge in [-0.15, -0.1) is 0 Å². The Balaban J connectivity index is 1.77. The lowest BCUT2D eigenvalue weighted by atomic mass is 9.87. The largest absolute Gasteiger partial charge is 0.481 e. The van der Waals surface area contributed by atoms with Crippen LogP contribution in [0, 0.1) is 0 Å². The molecular formula is C20H27N3O3S. The highest BCUT2D eigenvalue weighted by Gasteiger charge is 2.14. The number of aromatic nitrogens is 2. The lowest BCUT2D eigenvalue weighted by Crippen LogP contribution is -2.26. The molecule has 0 aliphatic heterocycles. The standard InChI is InChI=1S/C20H27N3O3S/c1-20(2,3)15-8-6-14(7-9-15)19(24)21-10-11-27-13-16-22-17(25-4)12-18(23-16)26-5/h6-9,12H,10-11,13H2,1-5H3,(H,21,24). The normalized spacial score (nSPS) is 11.1. The summed E-state index contributed by atoms with van der Waals surface area (Å²) in [5, 5.41) is 2.94. The van der Waals surface area contributed by atoms with Crippen molar-refractivity contribution in [2.45, 2.75) is 31.9 Å². The number of benzene rings is 1. The molecule has 1 heterocycles. The van der Waals surface area contributed by atoms with E-state index in [-0.39, 0.29) is 11.3 Å². The molecule has 2 rings (SSSR count). The average Bonchev–Trinajstić information content (AvgIpc) is 2.66. The zero-order chi connectivity index (χ0) is 19.9. The van der Waals surface area contributed by atoms with E-state index >= 15 is 0 Å². The van der Waals surface area contributed by atoms with Gasteiger partial charge in [-0.1, -0.05) is 32.9 Å². The Kier molecular flexibility index (Phi) is 7.47. The van der Waals surface area contributed by atoms with E-state index in [1.807, 2.05) is 24.3 Å². The summed E-state index contributed by atoms with van der Waals surface area (Å²) < 4.78 is 10.3. The van der Waals surface area contributed by atoms with Crippen LogP contribution >= 0.6 is 11.8 Å². The van der Waals surface area contributed by atoms with Gasteiger partial charge in [-0.3, -0.25) is 4.79 Å². The molecule has 27 heavy (non-hydrogen) atoms. The number of methoxy groups -OCH3 is 2. The predicted octanol–water partition coefficient (Wildman–Crippen LogP) is 3.45. The summed E-state index contributed by atoms with van der Waals surface area (Å²) in [4.78, 5) is 20.8. The molecule has 0 aliphatic rings. The molecule has 7 heteroatoms. The second-order valence-electron chi connectivity index (χ2n) is 7.00. The summed E-state index contributed by atoms with van der Waals surface area (Å²) in [6.07, 6.45) is 0. The fourth-order valence-corrected chi connectivity index (χ4v) is 3.05. The number of nitrogens with zero attached hydrogens (tertiary/aromatic N) is 2. The van der Waals surface area contributed by atoms with Crippen LogP contribution in [0.1, 0.15) is 42.5 Å². The van der Waals surface area contributed by atoms with Gasteiger partial charge < -0.3 is 14.8 Å². The van der Waals surface area contributed by atoms with Crippen molar-refractivity contribution in [2.75, 3.05) is 26.5 Å². The van der Waals surface area contributed by atoms with Gasteiger partial charge in [0.1, 0.15) is 5.82 Å². The van der Waals surface area contributed by atoms with Gasteiger partial charge in [-0.2, -0.15) is 21.7 Å². The Hall–Kier alpha value is -2.28. The molecule has 1 aromatic heterocycles. The first-order valence-corrected chi connectivity index (χ1v) is 9.91. The summed E-state index contributed by atoms with van der Waals surface area (Å²) in [6, 6.07) is 9.41. The number of hydrogen-bond acceptors (Lipinski definition) is 6. The molecule has 0 saturated carbocycles. The molecule has 0 aliphatic carbocycles. The molecule has 0 spiro atoms. The van der Waals surface area contributed by atoms with E-state index in [4.69, 9.17) is 9.47 Å². The first-order valence-electron chi connectivity index (χ1n) is 8.76. The third-order valence-corrected chi connectivity index (χ3v) is 4.88. The Morgan fingerprint density at radius 1 is 1.07 bits per heavy atom. The average molecular weight is 390 g/mol. The van der Waals surface area contributed by atoms with Crippen LogP contribution in [0.25, 0.3) is 0 Å². The van der Waals surface area contributed by atoms with Crippen LogP contribution in [0.2, 0.25) is 0 Å². The molecular weight excluding hydrogens is 362 g/mol. The van der Waals surface area contributed by atoms with E-state index in [0.717, 1.165) is 5.75 Å². The summed E-state index contributed by atoms with van der Waals surface area (Å²) in [5.41, 5.74) is 1.97.